The molecule has 1 heterocycles. The molecule has 0 radical (unpaired) electrons. The van der Waals surface area contributed by atoms with E-state index in [2.05, 4.69) is 10.6 Å². The fourth-order valence-corrected chi connectivity index (χ4v) is 3.03. The summed E-state index contributed by atoms with van der Waals surface area (Å²) in [6.45, 7) is 4.42. The zero-order valence-electron chi connectivity index (χ0n) is 16.7. The van der Waals surface area contributed by atoms with Crippen LogP contribution in [0.25, 0.3) is 17.0 Å². The summed E-state index contributed by atoms with van der Waals surface area (Å²) in [5.41, 5.74) is 1.73. The van der Waals surface area contributed by atoms with Crippen LogP contribution >= 0.6 is 0 Å². The molecule has 2 N–H and O–H groups in total. The van der Waals surface area contributed by atoms with E-state index < -0.39 is 17.6 Å². The number of rotatable bonds is 6. The third kappa shape index (κ3) is 4.71. The van der Waals surface area contributed by atoms with E-state index in [0.29, 0.717) is 6.54 Å². The largest absolute Gasteiger partial charge is 0.351 e. The van der Waals surface area contributed by atoms with E-state index in [1.807, 2.05) is 55.9 Å². The van der Waals surface area contributed by atoms with Crippen molar-refractivity contribution in [3.8, 4) is 0 Å². The van der Waals surface area contributed by atoms with Crippen LogP contribution in [0.1, 0.15) is 29.8 Å². The van der Waals surface area contributed by atoms with E-state index in [0.717, 1.165) is 16.5 Å². The van der Waals surface area contributed by atoms with Gasteiger partial charge in [0.15, 0.2) is 0 Å². The molecule has 0 aliphatic carbocycles. The lowest BCUT2D eigenvalue weighted by Crippen LogP contribution is -2.36. The lowest BCUT2D eigenvalue weighted by atomic mass is 10.1. The first kappa shape index (κ1) is 20.3. The number of aryl methyl sites for hydroxylation is 1. The highest BCUT2D eigenvalue weighted by Gasteiger charge is 2.18. The molecule has 0 bridgehead atoms. The SMILES string of the molecule is CC(C)CNC(=O)/C(=C/c1cn(C)c2ccccc12)NC(=O)c1ccccc1F. The van der Waals surface area contributed by atoms with Gasteiger partial charge >= 0.3 is 0 Å². The summed E-state index contributed by atoms with van der Waals surface area (Å²) in [4.78, 5) is 25.4. The lowest BCUT2D eigenvalue weighted by Gasteiger charge is -2.12. The molecule has 0 atom stereocenters. The van der Waals surface area contributed by atoms with Crippen LogP contribution in [0.2, 0.25) is 0 Å². The number of benzene rings is 2. The van der Waals surface area contributed by atoms with Crippen molar-refractivity contribution in [2.24, 2.45) is 13.0 Å². The number of hydrogen-bond donors (Lipinski definition) is 2. The van der Waals surface area contributed by atoms with Gasteiger partial charge in [0.25, 0.3) is 11.8 Å². The van der Waals surface area contributed by atoms with Crippen LogP contribution in [0, 0.1) is 11.7 Å². The highest BCUT2D eigenvalue weighted by atomic mass is 19.1. The number of nitrogens with one attached hydrogen (secondary N) is 2. The van der Waals surface area contributed by atoms with Gasteiger partial charge in [0.05, 0.1) is 5.56 Å². The number of carbonyl (C=O) groups excluding carboxylic acids is 2. The van der Waals surface area contributed by atoms with Gasteiger partial charge in [0.1, 0.15) is 11.5 Å². The van der Waals surface area contributed by atoms with Gasteiger partial charge in [-0.15, -0.1) is 0 Å². The predicted molar refractivity (Wildman–Crippen MR) is 113 cm³/mol. The van der Waals surface area contributed by atoms with E-state index in [9.17, 15) is 14.0 Å². The van der Waals surface area contributed by atoms with Gasteiger partial charge in [-0.3, -0.25) is 9.59 Å². The van der Waals surface area contributed by atoms with Crippen molar-refractivity contribution in [2.45, 2.75) is 13.8 Å². The molecule has 150 valence electrons. The smallest absolute Gasteiger partial charge is 0.267 e. The zero-order chi connectivity index (χ0) is 21.0. The zero-order valence-corrected chi connectivity index (χ0v) is 16.7. The average molecular weight is 393 g/mol. The molecule has 0 fully saturated rings. The second-order valence-electron chi connectivity index (χ2n) is 7.31. The number of fused-ring (bicyclic) bond motifs is 1. The molecule has 0 saturated heterocycles. The molecule has 0 spiro atoms. The fraction of sp³-hybridized carbons (Fsp3) is 0.217. The number of halogens is 1. The maximum Gasteiger partial charge on any atom is 0.267 e. The number of carbonyl (C=O) groups is 2. The Morgan fingerprint density at radius 3 is 2.52 bits per heavy atom. The van der Waals surface area contributed by atoms with Crippen molar-refractivity contribution in [3.63, 3.8) is 0 Å². The highest BCUT2D eigenvalue weighted by Crippen LogP contribution is 2.22. The second-order valence-corrected chi connectivity index (χ2v) is 7.31. The molecule has 2 aromatic carbocycles. The molecule has 0 saturated carbocycles. The van der Waals surface area contributed by atoms with Crippen LogP contribution in [-0.4, -0.2) is 22.9 Å². The normalized spacial score (nSPS) is 11.7. The third-order valence-corrected chi connectivity index (χ3v) is 4.51. The molecular formula is C23H24FN3O2. The molecule has 29 heavy (non-hydrogen) atoms. The first-order valence-corrected chi connectivity index (χ1v) is 9.46. The topological polar surface area (TPSA) is 63.1 Å². The number of nitrogens with zero attached hydrogens (tertiary/aromatic N) is 1. The molecule has 0 aliphatic rings. The monoisotopic (exact) mass is 393 g/mol. The van der Waals surface area contributed by atoms with Crippen molar-refractivity contribution < 1.29 is 14.0 Å². The summed E-state index contributed by atoms with van der Waals surface area (Å²) < 4.78 is 15.9. The first-order valence-electron chi connectivity index (χ1n) is 9.46. The van der Waals surface area contributed by atoms with Gasteiger partial charge in [-0.1, -0.05) is 44.2 Å². The van der Waals surface area contributed by atoms with Gasteiger partial charge in [0, 0.05) is 36.3 Å². The van der Waals surface area contributed by atoms with Crippen LogP contribution < -0.4 is 10.6 Å². The Labute approximate surface area is 169 Å². The Bertz CT molecular complexity index is 1080. The molecule has 2 amide bonds. The van der Waals surface area contributed by atoms with Gasteiger partial charge in [-0.25, -0.2) is 4.39 Å². The van der Waals surface area contributed by atoms with E-state index in [1.54, 1.807) is 12.1 Å². The highest BCUT2D eigenvalue weighted by molar-refractivity contribution is 6.06. The summed E-state index contributed by atoms with van der Waals surface area (Å²) in [5.74, 6) is -1.48. The molecule has 5 nitrogen and oxygen atoms in total. The average Bonchev–Trinajstić information content (AvgIpc) is 3.01. The molecule has 0 aliphatic heterocycles. The van der Waals surface area contributed by atoms with Crippen LogP contribution in [0.15, 0.2) is 60.4 Å². The van der Waals surface area contributed by atoms with Gasteiger partial charge < -0.3 is 15.2 Å². The minimum absolute atomic E-state index is 0.0651. The number of aromatic nitrogens is 1. The standard InChI is InChI=1S/C23H24FN3O2/c1-15(2)13-25-23(29)20(26-22(28)18-9-4-6-10-19(18)24)12-16-14-27(3)21-11-7-5-8-17(16)21/h4-12,14-15H,13H2,1-3H3,(H,25,29)(H,26,28)/b20-12-. The Balaban J connectivity index is 1.98. The summed E-state index contributed by atoms with van der Waals surface area (Å²) in [7, 11) is 1.91. The minimum Gasteiger partial charge on any atom is -0.351 e. The van der Waals surface area contributed by atoms with Gasteiger partial charge in [-0.05, 0) is 30.2 Å². The summed E-state index contributed by atoms with van der Waals surface area (Å²) in [6.07, 6.45) is 3.51. The molecule has 0 unspecified atom stereocenters. The second kappa shape index (κ2) is 8.73. The Hall–Kier alpha value is -3.41. The predicted octanol–water partition coefficient (Wildman–Crippen LogP) is 3.86. The van der Waals surface area contributed by atoms with Crippen LogP contribution in [-0.2, 0) is 11.8 Å². The Morgan fingerprint density at radius 1 is 1.10 bits per heavy atom. The molecular weight excluding hydrogens is 369 g/mol. The van der Waals surface area contributed by atoms with Gasteiger partial charge in [0.2, 0.25) is 0 Å². The molecule has 3 aromatic rings. The fourth-order valence-electron chi connectivity index (χ4n) is 3.03. The summed E-state index contributed by atoms with van der Waals surface area (Å²) >= 11 is 0. The lowest BCUT2D eigenvalue weighted by molar-refractivity contribution is -0.117. The van der Waals surface area contributed by atoms with Crippen molar-refractivity contribution >= 4 is 28.8 Å². The maximum absolute atomic E-state index is 14.0. The minimum atomic E-state index is -0.672. The summed E-state index contributed by atoms with van der Waals surface area (Å²) in [5, 5.41) is 6.34. The van der Waals surface area contributed by atoms with E-state index >= 15 is 0 Å². The van der Waals surface area contributed by atoms with E-state index in [-0.39, 0.29) is 17.2 Å². The quantitative estimate of drug-likeness (QED) is 0.625. The molecule has 1 aromatic heterocycles. The maximum atomic E-state index is 14.0. The summed E-state index contributed by atoms with van der Waals surface area (Å²) in [6, 6.07) is 13.4. The first-order chi connectivity index (χ1) is 13.9. The Kier molecular flexibility index (Phi) is 6.12. The van der Waals surface area contributed by atoms with Crippen molar-refractivity contribution in [3.05, 3.63) is 77.4 Å². The van der Waals surface area contributed by atoms with E-state index in [4.69, 9.17) is 0 Å². The van der Waals surface area contributed by atoms with Crippen molar-refractivity contribution in [1.82, 2.24) is 15.2 Å². The molecule has 6 heteroatoms. The Morgan fingerprint density at radius 2 is 1.79 bits per heavy atom. The van der Waals surface area contributed by atoms with Gasteiger partial charge in [-0.2, -0.15) is 0 Å². The number of hydrogen-bond acceptors (Lipinski definition) is 2. The number of para-hydroxylation sites is 1. The van der Waals surface area contributed by atoms with Crippen LogP contribution in [0.4, 0.5) is 4.39 Å². The van der Waals surface area contributed by atoms with E-state index in [1.165, 1.54) is 18.2 Å². The third-order valence-electron chi connectivity index (χ3n) is 4.51. The number of amides is 2. The molecule has 3 rings (SSSR count). The van der Waals surface area contributed by atoms with Crippen LogP contribution in [0.5, 0.6) is 0 Å². The van der Waals surface area contributed by atoms with Crippen molar-refractivity contribution in [1.29, 1.82) is 0 Å². The van der Waals surface area contributed by atoms with Crippen LogP contribution in [0.3, 0.4) is 0 Å². The van der Waals surface area contributed by atoms with Crippen molar-refractivity contribution in [2.75, 3.05) is 6.54 Å².